The Morgan fingerprint density at radius 1 is 0.487 bits per heavy atom. The van der Waals surface area contributed by atoms with E-state index in [2.05, 4.69) is 130 Å². The Morgan fingerprint density at radius 3 is 1.46 bits per heavy atom. The molecule has 0 radical (unpaired) electrons. The summed E-state index contributed by atoms with van der Waals surface area (Å²) in [5.74, 6) is 2.51. The summed E-state index contributed by atoms with van der Waals surface area (Å²) in [4.78, 5) is 16.1. The molecule has 0 fully saturated rings. The fraction of sp³-hybridized carbons (Fsp3) is 0.632. The van der Waals surface area contributed by atoms with Crippen molar-refractivity contribution >= 4 is 85.2 Å². The number of aryl methyl sites for hydroxylation is 2. The van der Waals surface area contributed by atoms with Gasteiger partial charge in [0.05, 0.1) is 21.3 Å². The number of carbonyl (C=O) groups excluding carboxylic acids is 1. The maximum Gasteiger partial charge on any atom is 0.233 e. The molecule has 80 heavy (non-hydrogen) atoms. The Kier molecular flexibility index (Phi) is 41.7. The minimum absolute atomic E-state index is 0.0275. The Hall–Kier alpha value is -1.35. The molecule has 4 nitrogen and oxygen atoms in total. The summed E-state index contributed by atoms with van der Waals surface area (Å²) < 4.78 is 14.1. The Balaban J connectivity index is 1.34. The summed E-state index contributed by atoms with van der Waals surface area (Å²) in [7, 11) is 0. The molecule has 0 saturated carbocycles. The van der Waals surface area contributed by atoms with Crippen LogP contribution < -0.4 is 14.8 Å². The number of benzene rings is 4. The summed E-state index contributed by atoms with van der Waals surface area (Å²) in [6.45, 7) is 11.2. The predicted octanol–water partition coefficient (Wildman–Crippen LogP) is 24.4. The Bertz CT molecular complexity index is 2270. The third kappa shape index (κ3) is 31.7. The largest absolute Gasteiger partial charge is 0.486 e. The number of hydrogen-bond donors (Lipinski definition) is 1. The lowest BCUT2D eigenvalue weighted by atomic mass is 10.0. The van der Waals surface area contributed by atoms with Gasteiger partial charge in [0.2, 0.25) is 5.91 Å². The van der Waals surface area contributed by atoms with Gasteiger partial charge in [0, 0.05) is 20.9 Å². The molecule has 0 saturated heterocycles. The topological polar surface area (TPSA) is 47.6 Å². The molecule has 12 heteroatoms. The number of para-hydroxylation sites is 1. The van der Waals surface area contributed by atoms with Crippen molar-refractivity contribution in [2.24, 2.45) is 0 Å². The molecule has 1 N–H and O–H groups in total. The van der Waals surface area contributed by atoms with E-state index < -0.39 is 10.2 Å². The number of unbranched alkanes of at least 4 members (excludes halogenated alkanes) is 26. The van der Waals surface area contributed by atoms with E-state index in [1.54, 1.807) is 45.5 Å². The van der Waals surface area contributed by atoms with Crippen molar-refractivity contribution in [2.45, 2.75) is 280 Å². The summed E-state index contributed by atoms with van der Waals surface area (Å²) >= 11 is 19.4. The first kappa shape index (κ1) is 71.1. The number of ether oxygens (including phenoxy) is 2. The van der Waals surface area contributed by atoms with Gasteiger partial charge in [0.25, 0.3) is 0 Å². The van der Waals surface area contributed by atoms with Crippen LogP contribution in [0.25, 0.3) is 0 Å². The first-order chi connectivity index (χ1) is 39.3. The van der Waals surface area contributed by atoms with Gasteiger partial charge in [-0.2, -0.15) is 0 Å². The molecule has 0 bridgehead atoms. The van der Waals surface area contributed by atoms with Crippen LogP contribution in [0.4, 0.5) is 0 Å². The van der Waals surface area contributed by atoms with Gasteiger partial charge >= 0.3 is 0 Å². The molecule has 5 unspecified atom stereocenters. The van der Waals surface area contributed by atoms with Gasteiger partial charge in [0.1, 0.15) is 23.7 Å². The van der Waals surface area contributed by atoms with Gasteiger partial charge in [-0.25, -0.2) is 0 Å². The van der Waals surface area contributed by atoms with E-state index in [4.69, 9.17) is 33.1 Å². The summed E-state index contributed by atoms with van der Waals surface area (Å²) in [6.07, 6.45) is 42.9. The lowest BCUT2D eigenvalue weighted by molar-refractivity contribution is -0.119. The third-order valence-corrected chi connectivity index (χ3v) is 29.9. The maximum atomic E-state index is 13.7. The van der Waals surface area contributed by atoms with E-state index in [1.165, 1.54) is 212 Å². The molecule has 0 aliphatic carbocycles. The SMILES string of the molecule is CCCCCCCCCCc1cccc(OC(CCCCCCCCC)c2ccccc2S[PH](=S)SC(C)C(=O)NCS[PH](=S)Sc2ccccc2C(CCCCCCCCC)Oc2ccccc2CCCCCCCCCC)c1. The van der Waals surface area contributed by atoms with Gasteiger partial charge in [-0.3, -0.25) is 4.79 Å². The second-order valence-corrected chi connectivity index (χ2v) is 40.7. The van der Waals surface area contributed by atoms with Crippen LogP contribution in [0, 0.1) is 0 Å². The van der Waals surface area contributed by atoms with Crippen LogP contribution in [-0.4, -0.2) is 17.0 Å². The predicted molar refractivity (Wildman–Crippen MR) is 371 cm³/mol. The van der Waals surface area contributed by atoms with Crippen molar-refractivity contribution in [1.82, 2.24) is 5.32 Å². The highest BCUT2D eigenvalue weighted by Crippen LogP contribution is 2.58. The van der Waals surface area contributed by atoms with E-state index in [-0.39, 0.29) is 23.4 Å². The number of carbonyl (C=O) groups is 1. The van der Waals surface area contributed by atoms with E-state index in [1.807, 2.05) is 6.92 Å². The monoisotopic (exact) mass is 1240 g/mol. The average molecular weight is 1240 g/mol. The van der Waals surface area contributed by atoms with E-state index in [0.29, 0.717) is 5.88 Å². The normalized spacial score (nSPS) is 13.4. The first-order valence-corrected chi connectivity index (χ1v) is 43.6. The zero-order chi connectivity index (χ0) is 57.1. The number of amides is 1. The van der Waals surface area contributed by atoms with Crippen LogP contribution in [-0.2, 0) is 41.2 Å². The minimum atomic E-state index is -1.46. The molecule has 0 aromatic heterocycles. The number of rotatable bonds is 50. The standard InChI is InChI=1S/C68H107NO3P2S6/c1-6-10-14-18-22-26-28-32-43-58-44-42-47-60(55-58)71-64(51-34-30-24-20-16-12-8-3)61-48-37-41-54-67(61)80-74(76)78-57(5)68(70)69-56-77-73(75)79-66-53-40-38-49-62(66)65(52-35-31-25-21-17-13-9-4)72-63-50-39-36-46-59(63)45-33-29-27-23-19-15-11-7-2/h36-42,44,46-50,53-55,57,64-65,73-74H,6-35,43,45,51-52,56H2,1-5H3,(H,69,70). The third-order valence-electron chi connectivity index (χ3n) is 15.2. The van der Waals surface area contributed by atoms with E-state index in [0.717, 1.165) is 50.0 Å². The first-order valence-electron chi connectivity index (χ1n) is 31.9. The highest BCUT2D eigenvalue weighted by Gasteiger charge is 2.23. The second-order valence-electron chi connectivity index (χ2n) is 22.1. The molecule has 1 amide bonds. The molecule has 0 heterocycles. The molecule has 5 atom stereocenters. The van der Waals surface area contributed by atoms with Crippen molar-refractivity contribution in [2.75, 3.05) is 5.88 Å². The molecule has 0 spiro atoms. The fourth-order valence-electron chi connectivity index (χ4n) is 10.4. The molecule has 4 rings (SSSR count). The van der Waals surface area contributed by atoms with Crippen LogP contribution in [0.2, 0.25) is 0 Å². The Labute approximate surface area is 517 Å². The zero-order valence-electron chi connectivity index (χ0n) is 50.4. The summed E-state index contributed by atoms with van der Waals surface area (Å²) in [5, 5.41) is 0.136. The van der Waals surface area contributed by atoms with Crippen molar-refractivity contribution in [3.05, 3.63) is 119 Å². The fourth-order valence-corrected chi connectivity index (χ4v) is 24.7. The second kappa shape index (κ2) is 46.9. The summed E-state index contributed by atoms with van der Waals surface area (Å²) in [6, 6.07) is 35.1. The van der Waals surface area contributed by atoms with Gasteiger partial charge in [-0.1, -0.05) is 319 Å². The van der Waals surface area contributed by atoms with E-state index in [9.17, 15) is 4.79 Å². The molecular weight excluding hydrogens is 1130 g/mol. The summed E-state index contributed by atoms with van der Waals surface area (Å²) in [5.41, 5.74) is 5.14. The van der Waals surface area contributed by atoms with Crippen LogP contribution in [0.5, 0.6) is 11.5 Å². The van der Waals surface area contributed by atoms with Crippen molar-refractivity contribution in [3.63, 3.8) is 0 Å². The smallest absolute Gasteiger partial charge is 0.233 e. The molecule has 448 valence electrons. The lowest BCUT2D eigenvalue weighted by Crippen LogP contribution is -2.29. The van der Waals surface area contributed by atoms with Crippen molar-refractivity contribution in [3.8, 4) is 11.5 Å². The molecule has 0 aliphatic rings. The zero-order valence-corrected chi connectivity index (χ0v) is 57.3. The van der Waals surface area contributed by atoms with Crippen LogP contribution >= 0.6 is 55.7 Å². The maximum absolute atomic E-state index is 13.7. The van der Waals surface area contributed by atoms with Gasteiger partial charge in [-0.05, 0) is 99.7 Å². The van der Waals surface area contributed by atoms with Crippen molar-refractivity contribution < 1.29 is 14.3 Å². The Morgan fingerprint density at radius 2 is 0.925 bits per heavy atom. The number of hydrogen-bond acceptors (Lipinski definition) is 9. The highest BCUT2D eigenvalue weighted by molar-refractivity contribution is 8.94. The van der Waals surface area contributed by atoms with Gasteiger partial charge in [0.15, 0.2) is 0 Å². The molecule has 0 aliphatic heterocycles. The van der Waals surface area contributed by atoms with Crippen LogP contribution in [0.15, 0.2) is 107 Å². The molecular formula is C68H107NO3P2S6. The van der Waals surface area contributed by atoms with Crippen molar-refractivity contribution in [1.29, 1.82) is 0 Å². The quantitative estimate of drug-likeness (QED) is 0.0265. The average Bonchev–Trinajstić information content (AvgIpc) is 3.48. The molecule has 4 aromatic rings. The lowest BCUT2D eigenvalue weighted by Gasteiger charge is -2.24. The van der Waals surface area contributed by atoms with E-state index >= 15 is 0 Å². The van der Waals surface area contributed by atoms with Crippen LogP contribution in [0.1, 0.15) is 275 Å². The number of nitrogens with one attached hydrogen (secondary N) is 1. The minimum Gasteiger partial charge on any atom is -0.486 e. The highest BCUT2D eigenvalue weighted by atomic mass is 33.2. The van der Waals surface area contributed by atoms with Gasteiger partial charge in [-0.15, -0.1) is 11.4 Å². The molecule has 4 aromatic carbocycles. The van der Waals surface area contributed by atoms with Gasteiger partial charge < -0.3 is 14.8 Å². The van der Waals surface area contributed by atoms with Crippen LogP contribution in [0.3, 0.4) is 0 Å².